The number of carbonyl (C=O) groups excluding carboxylic acids is 1. The summed E-state index contributed by atoms with van der Waals surface area (Å²) in [6.45, 7) is 2.30. The van der Waals surface area contributed by atoms with E-state index in [1.807, 2.05) is 30.3 Å². The number of pyridine rings is 1. The van der Waals surface area contributed by atoms with E-state index in [1.54, 1.807) is 36.4 Å². The average Bonchev–Trinajstić information content (AvgIpc) is 2.85. The van der Waals surface area contributed by atoms with E-state index in [4.69, 9.17) is 5.26 Å². The lowest BCUT2D eigenvalue weighted by atomic mass is 10.1. The monoisotopic (exact) mass is 475 g/mol. The van der Waals surface area contributed by atoms with E-state index in [0.29, 0.717) is 43.0 Å². The Kier molecular flexibility index (Phi) is 6.91. The lowest BCUT2D eigenvalue weighted by molar-refractivity contribution is -0.114. The summed E-state index contributed by atoms with van der Waals surface area (Å²) >= 11 is 0. The Morgan fingerprint density at radius 2 is 1.62 bits per heavy atom. The van der Waals surface area contributed by atoms with Gasteiger partial charge < -0.3 is 10.6 Å². The van der Waals surface area contributed by atoms with Crippen LogP contribution in [0.5, 0.6) is 0 Å². The molecule has 2 heterocycles. The van der Waals surface area contributed by atoms with Crippen LogP contribution in [0.15, 0.2) is 71.8 Å². The number of sulfonamides is 1. The van der Waals surface area contributed by atoms with Crippen LogP contribution in [0.3, 0.4) is 0 Å². The van der Waals surface area contributed by atoms with Crippen molar-refractivity contribution in [1.29, 1.82) is 5.26 Å². The number of nitrogens with zero attached hydrogens (tertiary/aromatic N) is 3. The van der Waals surface area contributed by atoms with E-state index in [9.17, 15) is 13.2 Å². The Morgan fingerprint density at radius 3 is 2.15 bits per heavy atom. The minimum absolute atomic E-state index is 0.120. The number of hydrogen-bond donors (Lipinski definition) is 2. The van der Waals surface area contributed by atoms with Gasteiger partial charge in [-0.15, -0.1) is 0 Å². The molecule has 4 rings (SSSR count). The van der Waals surface area contributed by atoms with Crippen LogP contribution in [0, 0.1) is 11.3 Å². The fourth-order valence-electron chi connectivity index (χ4n) is 3.91. The van der Waals surface area contributed by atoms with Crippen LogP contribution in [-0.2, 0) is 14.8 Å². The van der Waals surface area contributed by atoms with Gasteiger partial charge in [0.2, 0.25) is 15.9 Å². The molecule has 0 unspecified atom stereocenters. The van der Waals surface area contributed by atoms with Crippen LogP contribution in [0.2, 0.25) is 0 Å². The second kappa shape index (κ2) is 10.0. The number of rotatable bonds is 6. The van der Waals surface area contributed by atoms with Crippen LogP contribution in [-0.4, -0.2) is 42.7 Å². The second-order valence-electron chi connectivity index (χ2n) is 8.15. The molecule has 1 aliphatic rings. The Bertz CT molecular complexity index is 1290. The Labute approximate surface area is 199 Å². The molecule has 1 aromatic heterocycles. The highest BCUT2D eigenvalue weighted by molar-refractivity contribution is 7.89. The minimum Gasteiger partial charge on any atom is -0.367 e. The van der Waals surface area contributed by atoms with E-state index in [0.717, 1.165) is 11.1 Å². The van der Waals surface area contributed by atoms with Gasteiger partial charge in [0, 0.05) is 37.9 Å². The molecule has 1 fully saturated rings. The van der Waals surface area contributed by atoms with Crippen LogP contribution in [0.1, 0.15) is 25.3 Å². The highest BCUT2D eigenvalue weighted by atomic mass is 32.2. The highest BCUT2D eigenvalue weighted by Gasteiger charge is 2.29. The van der Waals surface area contributed by atoms with Gasteiger partial charge in [0.1, 0.15) is 11.9 Å². The third-order valence-corrected chi connectivity index (χ3v) is 7.64. The van der Waals surface area contributed by atoms with Gasteiger partial charge in [-0.3, -0.25) is 4.79 Å². The first-order valence-electron chi connectivity index (χ1n) is 11.0. The van der Waals surface area contributed by atoms with Gasteiger partial charge in [0.15, 0.2) is 0 Å². The van der Waals surface area contributed by atoms with E-state index < -0.39 is 10.0 Å². The van der Waals surface area contributed by atoms with E-state index in [1.165, 1.54) is 17.4 Å². The van der Waals surface area contributed by atoms with E-state index >= 15 is 0 Å². The second-order valence-corrected chi connectivity index (χ2v) is 10.1. The van der Waals surface area contributed by atoms with Crippen LogP contribution in [0.4, 0.5) is 11.5 Å². The number of hydrogen-bond acceptors (Lipinski definition) is 6. The lowest BCUT2D eigenvalue weighted by Gasteiger charge is -2.31. The molecular weight excluding hydrogens is 450 g/mol. The molecule has 1 saturated heterocycles. The molecule has 8 nitrogen and oxygen atoms in total. The number of amides is 1. The van der Waals surface area contributed by atoms with Crippen molar-refractivity contribution in [3.8, 4) is 17.2 Å². The minimum atomic E-state index is -3.58. The first-order valence-corrected chi connectivity index (χ1v) is 12.4. The maximum absolute atomic E-state index is 13.1. The number of piperidine rings is 1. The summed E-state index contributed by atoms with van der Waals surface area (Å²) in [6.07, 6.45) is 2.85. The van der Waals surface area contributed by atoms with E-state index in [2.05, 4.69) is 15.6 Å². The van der Waals surface area contributed by atoms with Gasteiger partial charge in [0.05, 0.1) is 10.5 Å². The van der Waals surface area contributed by atoms with Crippen molar-refractivity contribution in [2.24, 2.45) is 0 Å². The summed E-state index contributed by atoms with van der Waals surface area (Å²) < 4.78 is 27.8. The summed E-state index contributed by atoms with van der Waals surface area (Å²) in [5.41, 5.74) is 3.04. The normalized spacial score (nSPS) is 14.8. The third kappa shape index (κ3) is 5.42. The van der Waals surface area contributed by atoms with Gasteiger partial charge in [-0.05, 0) is 60.4 Å². The zero-order valence-electron chi connectivity index (χ0n) is 18.7. The summed E-state index contributed by atoms with van der Waals surface area (Å²) in [5, 5.41) is 14.9. The van der Waals surface area contributed by atoms with Crippen molar-refractivity contribution < 1.29 is 13.2 Å². The van der Waals surface area contributed by atoms with E-state index in [-0.39, 0.29) is 16.8 Å². The smallest absolute Gasteiger partial charge is 0.243 e. The van der Waals surface area contributed by atoms with Gasteiger partial charge >= 0.3 is 0 Å². The summed E-state index contributed by atoms with van der Waals surface area (Å²) in [6, 6.07) is 19.9. The SMILES string of the molecule is CC(=O)Nc1ccc(-c2ccc(S(=O)(=O)N3CCC(Nc4ccc(C#N)cn4)CC3)cc2)cc1. The molecule has 34 heavy (non-hydrogen) atoms. The molecule has 1 aliphatic heterocycles. The van der Waals surface area contributed by atoms with Crippen LogP contribution < -0.4 is 10.6 Å². The third-order valence-electron chi connectivity index (χ3n) is 5.73. The van der Waals surface area contributed by atoms with Crippen molar-refractivity contribution in [2.75, 3.05) is 23.7 Å². The van der Waals surface area contributed by atoms with Crippen molar-refractivity contribution in [2.45, 2.75) is 30.7 Å². The molecule has 0 aliphatic carbocycles. The number of aromatic nitrogens is 1. The first-order chi connectivity index (χ1) is 16.3. The molecule has 174 valence electrons. The summed E-state index contributed by atoms with van der Waals surface area (Å²) in [7, 11) is -3.58. The Hall–Kier alpha value is -3.74. The maximum atomic E-state index is 13.1. The molecular formula is C25H25N5O3S. The standard InChI is InChI=1S/C25H25N5O3S/c1-18(31)28-22-7-3-20(4-8-22)21-5-9-24(10-6-21)34(32,33)30-14-12-23(13-15-30)29-25-11-2-19(16-26)17-27-25/h2-11,17,23H,12-15H2,1H3,(H,27,29)(H,28,31). The molecule has 9 heteroatoms. The molecule has 0 saturated carbocycles. The fraction of sp³-hybridized carbons (Fsp3) is 0.240. The number of nitrogens with one attached hydrogen (secondary N) is 2. The molecule has 0 spiro atoms. The first kappa shape index (κ1) is 23.4. The van der Waals surface area contributed by atoms with Gasteiger partial charge in [0.25, 0.3) is 0 Å². The summed E-state index contributed by atoms with van der Waals surface area (Å²) in [5.74, 6) is 0.550. The topological polar surface area (TPSA) is 115 Å². The molecule has 1 amide bonds. The molecule has 3 aromatic rings. The lowest BCUT2D eigenvalue weighted by Crippen LogP contribution is -2.42. The fourth-order valence-corrected chi connectivity index (χ4v) is 5.38. The van der Waals surface area contributed by atoms with Crippen molar-refractivity contribution in [3.05, 3.63) is 72.4 Å². The van der Waals surface area contributed by atoms with Gasteiger partial charge in [-0.25, -0.2) is 13.4 Å². The zero-order valence-corrected chi connectivity index (χ0v) is 19.5. The Morgan fingerprint density at radius 1 is 1.00 bits per heavy atom. The van der Waals surface area contributed by atoms with Crippen LogP contribution >= 0.6 is 0 Å². The number of benzene rings is 2. The van der Waals surface area contributed by atoms with Crippen molar-refractivity contribution >= 4 is 27.4 Å². The molecule has 0 radical (unpaired) electrons. The maximum Gasteiger partial charge on any atom is 0.243 e. The van der Waals surface area contributed by atoms with Crippen LogP contribution in [0.25, 0.3) is 11.1 Å². The highest BCUT2D eigenvalue weighted by Crippen LogP contribution is 2.26. The van der Waals surface area contributed by atoms with Gasteiger partial charge in [-0.1, -0.05) is 24.3 Å². The number of anilines is 2. The molecule has 0 bridgehead atoms. The molecule has 2 aromatic carbocycles. The van der Waals surface area contributed by atoms with Crippen molar-refractivity contribution in [1.82, 2.24) is 9.29 Å². The number of carbonyl (C=O) groups is 1. The van der Waals surface area contributed by atoms with Gasteiger partial charge in [-0.2, -0.15) is 9.57 Å². The quantitative estimate of drug-likeness (QED) is 0.560. The molecule has 0 atom stereocenters. The summed E-state index contributed by atoms with van der Waals surface area (Å²) in [4.78, 5) is 15.7. The van der Waals surface area contributed by atoms with Crippen molar-refractivity contribution in [3.63, 3.8) is 0 Å². The average molecular weight is 476 g/mol. The largest absolute Gasteiger partial charge is 0.367 e. The molecule has 2 N–H and O–H groups in total. The Balaban J connectivity index is 1.37. The zero-order chi connectivity index (χ0) is 24.1. The predicted octanol–water partition coefficient (Wildman–Crippen LogP) is 3.84. The number of nitriles is 1. The predicted molar refractivity (Wildman–Crippen MR) is 131 cm³/mol.